The fourth-order valence-electron chi connectivity index (χ4n) is 3.27. The summed E-state index contributed by atoms with van der Waals surface area (Å²) in [7, 11) is 0. The lowest BCUT2D eigenvalue weighted by molar-refractivity contribution is 1.08. The Hall–Kier alpha value is -4.20. The number of benzene rings is 1. The minimum absolute atomic E-state index is 0.687. The van der Waals surface area contributed by atoms with E-state index in [0.717, 1.165) is 22.7 Å². The van der Waals surface area contributed by atoms with Crippen molar-refractivity contribution >= 4 is 34.3 Å². The molecule has 1 aromatic carbocycles. The normalized spacial score (nSPS) is 12.1. The number of imidazole rings is 2. The zero-order valence-electron chi connectivity index (χ0n) is 16.5. The van der Waals surface area contributed by atoms with Gasteiger partial charge in [-0.25, -0.2) is 9.97 Å². The van der Waals surface area contributed by atoms with Crippen molar-refractivity contribution < 1.29 is 0 Å². The van der Waals surface area contributed by atoms with E-state index in [4.69, 9.17) is 0 Å². The molecule has 5 aromatic rings. The highest BCUT2D eigenvalue weighted by atomic mass is 15.2. The predicted octanol–water partition coefficient (Wildman–Crippen LogP) is 6.43. The summed E-state index contributed by atoms with van der Waals surface area (Å²) in [5.74, 6) is 1.41. The Morgan fingerprint density at radius 2 is 1.10 bits per heavy atom. The number of pyridine rings is 2. The smallest absolute Gasteiger partial charge is 0.182 e. The van der Waals surface area contributed by atoms with Crippen molar-refractivity contribution in [1.29, 1.82) is 0 Å². The predicted molar refractivity (Wildman–Crippen MR) is 115 cm³/mol. The number of fused-ring (bicyclic) bond motifs is 2. The van der Waals surface area contributed by atoms with E-state index in [1.165, 1.54) is 0 Å². The number of aromatic nitrogens is 4. The average Bonchev–Trinajstić information content (AvgIpc) is 3.26. The van der Waals surface area contributed by atoms with E-state index in [1.807, 2.05) is 95.7 Å². The Labute approximate surface area is 172 Å². The van der Waals surface area contributed by atoms with Gasteiger partial charge in [0.1, 0.15) is 11.3 Å². The highest BCUT2D eigenvalue weighted by Gasteiger charge is 2.08. The maximum atomic E-state index is 4.50. The van der Waals surface area contributed by atoms with Crippen LogP contribution in [-0.2, 0) is 0 Å². The van der Waals surface area contributed by atoms with Crippen molar-refractivity contribution in [3.05, 3.63) is 84.4 Å². The molecule has 0 spiro atoms. The second kappa shape index (κ2) is 7.32. The molecule has 0 unspecified atom stereocenters. The van der Waals surface area contributed by atoms with Crippen LogP contribution >= 0.6 is 0 Å². The van der Waals surface area contributed by atoms with Crippen molar-refractivity contribution in [3.8, 4) is 0 Å². The molecule has 0 aliphatic rings. The second-order valence-corrected chi connectivity index (χ2v) is 6.82. The Bertz CT molecular complexity index is 1320. The van der Waals surface area contributed by atoms with Crippen molar-refractivity contribution in [1.82, 2.24) is 18.8 Å². The van der Waals surface area contributed by atoms with Crippen molar-refractivity contribution in [2.24, 2.45) is 20.5 Å². The fraction of sp³-hybridized carbons (Fsp3) is 0.0909. The molecule has 0 saturated heterocycles. The minimum atomic E-state index is 0.687. The Balaban J connectivity index is 1.44. The molecule has 4 aromatic heterocycles. The van der Waals surface area contributed by atoms with Crippen LogP contribution in [-0.4, -0.2) is 18.8 Å². The average molecular weight is 394 g/mol. The van der Waals surface area contributed by atoms with Gasteiger partial charge in [0.25, 0.3) is 0 Å². The molecule has 0 N–H and O–H groups in total. The highest BCUT2D eigenvalue weighted by Crippen LogP contribution is 2.27. The van der Waals surface area contributed by atoms with E-state index in [2.05, 4.69) is 30.4 Å². The number of azo groups is 2. The van der Waals surface area contributed by atoms with Gasteiger partial charge < -0.3 is 0 Å². The monoisotopic (exact) mass is 394 g/mol. The lowest BCUT2D eigenvalue weighted by atomic mass is 10.3. The van der Waals surface area contributed by atoms with E-state index < -0.39 is 0 Å². The van der Waals surface area contributed by atoms with Gasteiger partial charge in [0.05, 0.1) is 22.8 Å². The van der Waals surface area contributed by atoms with Gasteiger partial charge in [-0.2, -0.15) is 0 Å². The van der Waals surface area contributed by atoms with E-state index in [1.54, 1.807) is 0 Å². The summed E-state index contributed by atoms with van der Waals surface area (Å²) in [4.78, 5) is 9.00. The first-order valence-electron chi connectivity index (χ1n) is 9.50. The Morgan fingerprint density at radius 3 is 1.60 bits per heavy atom. The van der Waals surface area contributed by atoms with Gasteiger partial charge in [0, 0.05) is 12.4 Å². The SMILES string of the molecule is Cc1nc2ccccn2c1N=Nc1cccc(N=Nc2c(C)nc3ccccn23)c1. The summed E-state index contributed by atoms with van der Waals surface area (Å²) >= 11 is 0. The van der Waals surface area contributed by atoms with Gasteiger partial charge in [-0.3, -0.25) is 8.80 Å². The van der Waals surface area contributed by atoms with E-state index in [9.17, 15) is 0 Å². The standard InChI is InChI=1S/C22H18N8/c1-15-21(29-12-5-3-10-19(29)23-15)27-25-17-8-7-9-18(14-17)26-28-22-16(2)24-20-11-4-6-13-30(20)22/h3-14H,1-2H3. The summed E-state index contributed by atoms with van der Waals surface area (Å²) in [5, 5.41) is 17.6. The molecule has 8 nitrogen and oxygen atoms in total. The third-order valence-electron chi connectivity index (χ3n) is 4.69. The summed E-state index contributed by atoms with van der Waals surface area (Å²) in [5.41, 5.74) is 4.70. The van der Waals surface area contributed by atoms with Crippen molar-refractivity contribution in [2.75, 3.05) is 0 Å². The molecule has 0 radical (unpaired) electrons. The van der Waals surface area contributed by atoms with Gasteiger partial charge in [0.2, 0.25) is 0 Å². The maximum Gasteiger partial charge on any atom is 0.182 e. The van der Waals surface area contributed by atoms with Crippen LogP contribution in [0.5, 0.6) is 0 Å². The zero-order chi connectivity index (χ0) is 20.5. The number of hydrogen-bond acceptors (Lipinski definition) is 6. The minimum Gasteiger partial charge on any atom is -0.283 e. The first-order chi connectivity index (χ1) is 14.7. The second-order valence-electron chi connectivity index (χ2n) is 6.82. The molecule has 0 amide bonds. The van der Waals surface area contributed by atoms with Crippen LogP contribution in [0.4, 0.5) is 23.0 Å². The van der Waals surface area contributed by atoms with Gasteiger partial charge in [0.15, 0.2) is 11.6 Å². The lowest BCUT2D eigenvalue weighted by Gasteiger charge is -1.98. The largest absolute Gasteiger partial charge is 0.283 e. The van der Waals surface area contributed by atoms with Gasteiger partial charge >= 0.3 is 0 Å². The molecule has 146 valence electrons. The molecular weight excluding hydrogens is 376 g/mol. The molecule has 0 aliphatic carbocycles. The van der Waals surface area contributed by atoms with Crippen LogP contribution in [0.3, 0.4) is 0 Å². The fourth-order valence-corrected chi connectivity index (χ4v) is 3.27. The molecule has 30 heavy (non-hydrogen) atoms. The van der Waals surface area contributed by atoms with E-state index in [0.29, 0.717) is 23.0 Å². The molecule has 8 heteroatoms. The van der Waals surface area contributed by atoms with Crippen molar-refractivity contribution in [3.63, 3.8) is 0 Å². The molecule has 0 fully saturated rings. The molecule has 0 atom stereocenters. The molecule has 0 bridgehead atoms. The molecule has 5 rings (SSSR count). The lowest BCUT2D eigenvalue weighted by Crippen LogP contribution is -1.81. The van der Waals surface area contributed by atoms with Crippen LogP contribution in [0.2, 0.25) is 0 Å². The third-order valence-corrected chi connectivity index (χ3v) is 4.69. The van der Waals surface area contributed by atoms with Crippen LogP contribution in [0.15, 0.2) is 93.5 Å². The quantitative estimate of drug-likeness (QED) is 0.329. The first-order valence-corrected chi connectivity index (χ1v) is 9.50. The van der Waals surface area contributed by atoms with Crippen LogP contribution < -0.4 is 0 Å². The van der Waals surface area contributed by atoms with Gasteiger partial charge in [-0.15, -0.1) is 20.5 Å². The summed E-state index contributed by atoms with van der Waals surface area (Å²) < 4.78 is 3.83. The van der Waals surface area contributed by atoms with Crippen LogP contribution in [0.1, 0.15) is 11.4 Å². The topological polar surface area (TPSA) is 84.0 Å². The number of aryl methyl sites for hydroxylation is 2. The first kappa shape index (κ1) is 17.9. The van der Waals surface area contributed by atoms with Gasteiger partial charge in [-0.05, 0) is 56.3 Å². The zero-order valence-corrected chi connectivity index (χ0v) is 16.5. The summed E-state index contributed by atoms with van der Waals surface area (Å²) in [6.45, 7) is 3.84. The molecule has 0 aliphatic heterocycles. The summed E-state index contributed by atoms with van der Waals surface area (Å²) in [6, 6.07) is 19.1. The Morgan fingerprint density at radius 1 is 0.600 bits per heavy atom. The molecule has 4 heterocycles. The highest BCUT2D eigenvalue weighted by molar-refractivity contribution is 5.54. The molecular formula is C22H18N8. The Kier molecular flexibility index (Phi) is 4.36. The van der Waals surface area contributed by atoms with Gasteiger partial charge in [-0.1, -0.05) is 18.2 Å². The number of nitrogens with zero attached hydrogens (tertiary/aromatic N) is 8. The van der Waals surface area contributed by atoms with E-state index in [-0.39, 0.29) is 0 Å². The summed E-state index contributed by atoms with van der Waals surface area (Å²) in [6.07, 6.45) is 3.85. The van der Waals surface area contributed by atoms with Crippen LogP contribution in [0.25, 0.3) is 11.3 Å². The third kappa shape index (κ3) is 3.24. The molecule has 0 saturated carbocycles. The van der Waals surface area contributed by atoms with Crippen LogP contribution in [0, 0.1) is 13.8 Å². The van der Waals surface area contributed by atoms with Crippen molar-refractivity contribution in [2.45, 2.75) is 13.8 Å². The van der Waals surface area contributed by atoms with E-state index >= 15 is 0 Å². The maximum absolute atomic E-state index is 4.50. The number of rotatable bonds is 4. The number of hydrogen-bond donors (Lipinski definition) is 0.